The Bertz CT molecular complexity index is 515. The summed E-state index contributed by atoms with van der Waals surface area (Å²) in [6.07, 6.45) is 6.72. The molecule has 0 aliphatic heterocycles. The third kappa shape index (κ3) is 2.75. The summed E-state index contributed by atoms with van der Waals surface area (Å²) in [4.78, 5) is 14.2. The Labute approximate surface area is 99.4 Å². The van der Waals surface area contributed by atoms with Gasteiger partial charge in [-0.05, 0) is 12.1 Å². The van der Waals surface area contributed by atoms with Crippen molar-refractivity contribution in [3.63, 3.8) is 0 Å². The fourth-order valence-corrected chi connectivity index (χ4v) is 1.42. The summed E-state index contributed by atoms with van der Waals surface area (Å²) in [6.45, 7) is 0.654. The summed E-state index contributed by atoms with van der Waals surface area (Å²) in [6, 6.07) is 5.55. The van der Waals surface area contributed by atoms with Crippen LogP contribution in [-0.4, -0.2) is 22.0 Å². The third-order valence-corrected chi connectivity index (χ3v) is 2.32. The fraction of sp³-hybridized carbons (Fsp3) is 0.167. The second kappa shape index (κ2) is 5.03. The van der Waals surface area contributed by atoms with Crippen LogP contribution in [0.5, 0.6) is 0 Å². The minimum Gasteiger partial charge on any atom is -0.367 e. The minimum atomic E-state index is 0.418. The highest BCUT2D eigenvalue weighted by Crippen LogP contribution is 2.12. The quantitative estimate of drug-likeness (QED) is 0.789. The van der Waals surface area contributed by atoms with E-state index in [9.17, 15) is 0 Å². The molecule has 2 aromatic rings. The molecule has 2 aromatic heterocycles. The van der Waals surface area contributed by atoms with Gasteiger partial charge in [0.05, 0.1) is 30.3 Å². The fourth-order valence-electron chi connectivity index (χ4n) is 1.42. The van der Waals surface area contributed by atoms with E-state index in [1.54, 1.807) is 30.9 Å². The standard InChI is InChI=1S/C12H11N5/c1-17(9-11-7-14-4-5-15-11)12-3-2-10(6-13)16-8-12/h2-5,7-8H,9H2,1H3. The third-order valence-electron chi connectivity index (χ3n) is 2.32. The highest BCUT2D eigenvalue weighted by molar-refractivity contribution is 5.45. The lowest BCUT2D eigenvalue weighted by Gasteiger charge is -2.17. The van der Waals surface area contributed by atoms with E-state index in [0.29, 0.717) is 12.2 Å². The van der Waals surface area contributed by atoms with Crippen LogP contribution < -0.4 is 4.90 Å². The maximum atomic E-state index is 8.66. The molecule has 5 heteroatoms. The molecule has 0 fully saturated rings. The summed E-state index contributed by atoms with van der Waals surface area (Å²) in [5, 5.41) is 8.66. The highest BCUT2D eigenvalue weighted by Gasteiger charge is 2.03. The normalized spacial score (nSPS) is 9.65. The predicted molar refractivity (Wildman–Crippen MR) is 63.1 cm³/mol. The molecule has 84 valence electrons. The molecule has 0 saturated heterocycles. The summed E-state index contributed by atoms with van der Waals surface area (Å²) in [5.74, 6) is 0. The molecule has 2 rings (SSSR count). The summed E-state index contributed by atoms with van der Waals surface area (Å²) in [5.41, 5.74) is 2.25. The number of anilines is 1. The van der Waals surface area contributed by atoms with Crippen molar-refractivity contribution in [2.75, 3.05) is 11.9 Å². The molecule has 0 atom stereocenters. The zero-order valence-corrected chi connectivity index (χ0v) is 9.41. The van der Waals surface area contributed by atoms with Gasteiger partial charge in [-0.25, -0.2) is 4.98 Å². The number of aromatic nitrogens is 3. The van der Waals surface area contributed by atoms with Gasteiger partial charge in [-0.15, -0.1) is 0 Å². The Morgan fingerprint density at radius 2 is 2.12 bits per heavy atom. The van der Waals surface area contributed by atoms with Gasteiger partial charge in [0.25, 0.3) is 0 Å². The largest absolute Gasteiger partial charge is 0.367 e. The van der Waals surface area contributed by atoms with Gasteiger partial charge < -0.3 is 4.90 Å². The molecule has 0 saturated carbocycles. The zero-order valence-electron chi connectivity index (χ0n) is 9.41. The molecule has 0 N–H and O–H groups in total. The summed E-state index contributed by atoms with van der Waals surface area (Å²) in [7, 11) is 1.94. The molecular formula is C12H11N5. The van der Waals surface area contributed by atoms with Gasteiger partial charge in [-0.1, -0.05) is 0 Å². The number of nitriles is 1. The van der Waals surface area contributed by atoms with Crippen molar-refractivity contribution < 1.29 is 0 Å². The average molecular weight is 225 g/mol. The van der Waals surface area contributed by atoms with Crippen LogP contribution in [0.2, 0.25) is 0 Å². The van der Waals surface area contributed by atoms with Crippen LogP contribution in [0.3, 0.4) is 0 Å². The first-order chi connectivity index (χ1) is 8.29. The van der Waals surface area contributed by atoms with Crippen LogP contribution in [0.4, 0.5) is 5.69 Å². The van der Waals surface area contributed by atoms with Crippen molar-refractivity contribution in [3.05, 3.63) is 48.3 Å². The second-order valence-corrected chi connectivity index (χ2v) is 3.57. The molecule has 2 heterocycles. The molecule has 0 aromatic carbocycles. The lowest BCUT2D eigenvalue weighted by Crippen LogP contribution is -2.17. The van der Waals surface area contributed by atoms with E-state index in [0.717, 1.165) is 11.4 Å². The monoisotopic (exact) mass is 225 g/mol. The van der Waals surface area contributed by atoms with Crippen molar-refractivity contribution >= 4 is 5.69 Å². The summed E-state index contributed by atoms with van der Waals surface area (Å²) >= 11 is 0. The van der Waals surface area contributed by atoms with Crippen LogP contribution in [0.1, 0.15) is 11.4 Å². The summed E-state index contributed by atoms with van der Waals surface area (Å²) < 4.78 is 0. The number of rotatable bonds is 3. The van der Waals surface area contributed by atoms with Gasteiger partial charge in [-0.3, -0.25) is 9.97 Å². The Morgan fingerprint density at radius 3 is 2.71 bits per heavy atom. The van der Waals surface area contributed by atoms with Crippen LogP contribution in [0, 0.1) is 11.3 Å². The molecule has 0 aliphatic carbocycles. The topological polar surface area (TPSA) is 65.7 Å². The first-order valence-electron chi connectivity index (χ1n) is 5.12. The number of nitrogens with zero attached hydrogens (tertiary/aromatic N) is 5. The van der Waals surface area contributed by atoms with E-state index in [4.69, 9.17) is 5.26 Å². The SMILES string of the molecule is CN(Cc1cnccn1)c1ccc(C#N)nc1. The molecular weight excluding hydrogens is 214 g/mol. The molecule has 0 radical (unpaired) electrons. The lowest BCUT2D eigenvalue weighted by molar-refractivity contribution is 0.869. The molecule has 0 bridgehead atoms. The Kier molecular flexibility index (Phi) is 3.26. The predicted octanol–water partition coefficient (Wildman–Crippen LogP) is 1.38. The van der Waals surface area contributed by atoms with E-state index in [-0.39, 0.29) is 0 Å². The van der Waals surface area contributed by atoms with Crippen LogP contribution >= 0.6 is 0 Å². The maximum absolute atomic E-state index is 8.66. The van der Waals surface area contributed by atoms with Gasteiger partial charge in [-0.2, -0.15) is 5.26 Å². The minimum absolute atomic E-state index is 0.418. The van der Waals surface area contributed by atoms with Crippen molar-refractivity contribution in [2.24, 2.45) is 0 Å². The number of hydrogen-bond acceptors (Lipinski definition) is 5. The first-order valence-corrected chi connectivity index (χ1v) is 5.12. The van der Waals surface area contributed by atoms with Gasteiger partial charge >= 0.3 is 0 Å². The van der Waals surface area contributed by atoms with Crippen molar-refractivity contribution in [2.45, 2.75) is 6.54 Å². The molecule has 5 nitrogen and oxygen atoms in total. The maximum Gasteiger partial charge on any atom is 0.140 e. The smallest absolute Gasteiger partial charge is 0.140 e. The van der Waals surface area contributed by atoms with Crippen LogP contribution in [-0.2, 0) is 6.54 Å². The van der Waals surface area contributed by atoms with E-state index >= 15 is 0 Å². The van der Waals surface area contributed by atoms with Crippen molar-refractivity contribution in [1.82, 2.24) is 15.0 Å². The van der Waals surface area contributed by atoms with Gasteiger partial charge in [0.2, 0.25) is 0 Å². The van der Waals surface area contributed by atoms with Gasteiger partial charge in [0, 0.05) is 19.4 Å². The lowest BCUT2D eigenvalue weighted by atomic mass is 10.3. The van der Waals surface area contributed by atoms with E-state index in [1.807, 2.05) is 24.1 Å². The highest BCUT2D eigenvalue weighted by atomic mass is 15.1. The Balaban J connectivity index is 2.10. The van der Waals surface area contributed by atoms with Gasteiger partial charge in [0.15, 0.2) is 0 Å². The Morgan fingerprint density at radius 1 is 1.24 bits per heavy atom. The van der Waals surface area contributed by atoms with E-state index in [2.05, 4.69) is 15.0 Å². The molecule has 0 spiro atoms. The first kappa shape index (κ1) is 11.0. The van der Waals surface area contributed by atoms with Crippen LogP contribution in [0.25, 0.3) is 0 Å². The Hall–Kier alpha value is -2.48. The average Bonchev–Trinajstić information content (AvgIpc) is 2.40. The van der Waals surface area contributed by atoms with Crippen molar-refractivity contribution in [3.8, 4) is 6.07 Å². The van der Waals surface area contributed by atoms with Gasteiger partial charge in [0.1, 0.15) is 11.8 Å². The number of hydrogen-bond donors (Lipinski definition) is 0. The van der Waals surface area contributed by atoms with E-state index in [1.165, 1.54) is 0 Å². The molecule has 0 amide bonds. The van der Waals surface area contributed by atoms with Crippen LogP contribution in [0.15, 0.2) is 36.9 Å². The van der Waals surface area contributed by atoms with Crippen molar-refractivity contribution in [1.29, 1.82) is 5.26 Å². The molecule has 0 unspecified atom stereocenters. The number of pyridine rings is 1. The molecule has 17 heavy (non-hydrogen) atoms. The molecule has 0 aliphatic rings. The van der Waals surface area contributed by atoms with E-state index < -0.39 is 0 Å². The zero-order chi connectivity index (χ0) is 12.1. The second-order valence-electron chi connectivity index (χ2n) is 3.57.